The van der Waals surface area contributed by atoms with E-state index in [4.69, 9.17) is 10.5 Å². The number of amides is 1. The fourth-order valence-electron chi connectivity index (χ4n) is 4.35. The molecule has 1 unspecified atom stereocenters. The van der Waals surface area contributed by atoms with Crippen molar-refractivity contribution in [2.45, 2.75) is 143 Å². The quantitative estimate of drug-likeness (QED) is 0.0820. The number of rotatable bonds is 23. The molecule has 0 radical (unpaired) electrons. The fourth-order valence-corrected chi connectivity index (χ4v) is 4.35. The van der Waals surface area contributed by atoms with Crippen LogP contribution in [0.15, 0.2) is 24.3 Å². The molecule has 0 aliphatic rings. The number of carbonyl (C=O) groups is 3. The van der Waals surface area contributed by atoms with Crippen molar-refractivity contribution in [2.75, 3.05) is 6.61 Å². The molecule has 0 saturated carbocycles. The number of ketones is 1. The minimum Gasteiger partial charge on any atom is -0.456 e. The number of nitrogens with two attached hydrogens (primary N) is 1. The molecule has 220 valence electrons. The summed E-state index contributed by atoms with van der Waals surface area (Å²) in [6.07, 6.45) is 23.1. The van der Waals surface area contributed by atoms with Crippen LogP contribution in [0, 0.1) is 11.8 Å². The Morgan fingerprint density at radius 3 is 2.08 bits per heavy atom. The Morgan fingerprint density at radius 1 is 0.868 bits per heavy atom. The van der Waals surface area contributed by atoms with Crippen LogP contribution in [-0.2, 0) is 19.1 Å². The molecule has 0 spiro atoms. The van der Waals surface area contributed by atoms with Gasteiger partial charge in [0.1, 0.15) is 12.1 Å². The third-order valence-electron chi connectivity index (χ3n) is 6.73. The summed E-state index contributed by atoms with van der Waals surface area (Å²) in [5, 5.41) is 2.68. The third-order valence-corrected chi connectivity index (χ3v) is 6.73. The van der Waals surface area contributed by atoms with Gasteiger partial charge in [-0.25, -0.2) is 4.79 Å². The summed E-state index contributed by atoms with van der Waals surface area (Å²) in [7, 11) is 0. The zero-order chi connectivity index (χ0) is 28.8. The standard InChI is InChI=1S/C32H58N2O4/c1-7-9-11-13-14-15-16-17-19-21-23-27(22-20-18-12-10-8-2)29(35)25-38-31(37)32(5,6)34-30(36)28(33)24-26(3)4/h9,11,14-15,26-28H,7-8,10,12-13,16-25,33H2,1-6H3,(H,34,36)/t27?,28-/m0/s1. The Balaban J connectivity index is 4.71. The van der Waals surface area contributed by atoms with Crippen LogP contribution in [0.1, 0.15) is 131 Å². The van der Waals surface area contributed by atoms with E-state index in [0.29, 0.717) is 6.42 Å². The summed E-state index contributed by atoms with van der Waals surface area (Å²) < 4.78 is 5.40. The smallest absolute Gasteiger partial charge is 0.331 e. The first-order chi connectivity index (χ1) is 18.0. The first kappa shape index (κ1) is 36.0. The van der Waals surface area contributed by atoms with E-state index in [2.05, 4.69) is 43.5 Å². The lowest BCUT2D eigenvalue weighted by atomic mass is 9.91. The van der Waals surface area contributed by atoms with Crippen molar-refractivity contribution in [1.29, 1.82) is 0 Å². The second kappa shape index (κ2) is 21.9. The number of ether oxygens (including phenoxy) is 1. The van der Waals surface area contributed by atoms with Crippen LogP contribution < -0.4 is 11.1 Å². The highest BCUT2D eigenvalue weighted by Crippen LogP contribution is 2.20. The van der Waals surface area contributed by atoms with Gasteiger partial charge in [-0.15, -0.1) is 0 Å². The van der Waals surface area contributed by atoms with Crippen LogP contribution in [0.5, 0.6) is 0 Å². The maximum atomic E-state index is 13.0. The van der Waals surface area contributed by atoms with Crippen LogP contribution in [0.25, 0.3) is 0 Å². The van der Waals surface area contributed by atoms with Crippen molar-refractivity contribution < 1.29 is 19.1 Å². The van der Waals surface area contributed by atoms with Gasteiger partial charge in [-0.1, -0.05) is 96.9 Å². The highest BCUT2D eigenvalue weighted by Gasteiger charge is 2.33. The lowest BCUT2D eigenvalue weighted by molar-refractivity contribution is -0.156. The molecule has 0 rings (SSSR count). The molecule has 3 N–H and O–H groups in total. The number of carbonyl (C=O) groups excluding carboxylic acids is 3. The number of unbranched alkanes of at least 4 members (excludes halogenated alkanes) is 7. The number of Topliss-reactive ketones (excluding diaryl/α,β-unsaturated/α-hetero) is 1. The number of esters is 1. The Hall–Kier alpha value is -1.95. The van der Waals surface area contributed by atoms with Crippen LogP contribution in [0.4, 0.5) is 0 Å². The Morgan fingerprint density at radius 2 is 1.47 bits per heavy atom. The van der Waals surface area contributed by atoms with Gasteiger partial charge in [0.25, 0.3) is 0 Å². The Bertz CT molecular complexity index is 712. The average molecular weight is 535 g/mol. The molecular formula is C32H58N2O4. The topological polar surface area (TPSA) is 98.5 Å². The van der Waals surface area contributed by atoms with E-state index in [1.165, 1.54) is 19.3 Å². The second-order valence-electron chi connectivity index (χ2n) is 11.5. The highest BCUT2D eigenvalue weighted by atomic mass is 16.5. The molecule has 6 nitrogen and oxygen atoms in total. The minimum absolute atomic E-state index is 0.0184. The first-order valence-corrected chi connectivity index (χ1v) is 15.1. The first-order valence-electron chi connectivity index (χ1n) is 15.1. The zero-order valence-electron chi connectivity index (χ0n) is 25.4. The summed E-state index contributed by atoms with van der Waals surface area (Å²) in [4.78, 5) is 38.1. The maximum absolute atomic E-state index is 13.0. The number of hydrogen-bond donors (Lipinski definition) is 2. The second-order valence-corrected chi connectivity index (χ2v) is 11.5. The van der Waals surface area contributed by atoms with Gasteiger partial charge in [0.2, 0.25) is 5.91 Å². The molecule has 0 aromatic rings. The summed E-state index contributed by atoms with van der Waals surface area (Å²) in [6.45, 7) is 11.2. The molecule has 38 heavy (non-hydrogen) atoms. The molecule has 0 bridgehead atoms. The molecule has 6 heteroatoms. The van der Waals surface area contributed by atoms with Gasteiger partial charge >= 0.3 is 5.97 Å². The van der Waals surface area contributed by atoms with Crippen molar-refractivity contribution in [1.82, 2.24) is 5.32 Å². The summed E-state index contributed by atoms with van der Waals surface area (Å²) in [5.74, 6) is -0.833. The van der Waals surface area contributed by atoms with E-state index >= 15 is 0 Å². The Labute approximate surface area is 233 Å². The van der Waals surface area contributed by atoms with Crippen LogP contribution in [-0.4, -0.2) is 35.8 Å². The van der Waals surface area contributed by atoms with Crippen LogP contribution in [0.2, 0.25) is 0 Å². The number of allylic oxidation sites excluding steroid dienone is 4. The lowest BCUT2D eigenvalue weighted by Crippen LogP contribution is -2.55. The Kier molecular flexibility index (Phi) is 20.8. The molecule has 0 saturated heterocycles. The maximum Gasteiger partial charge on any atom is 0.331 e. The van der Waals surface area contributed by atoms with E-state index in [-0.39, 0.29) is 30.1 Å². The minimum atomic E-state index is -1.25. The summed E-state index contributed by atoms with van der Waals surface area (Å²) in [6, 6.07) is -0.686. The van der Waals surface area contributed by atoms with Crippen molar-refractivity contribution in [2.24, 2.45) is 17.6 Å². The van der Waals surface area contributed by atoms with E-state index in [9.17, 15) is 14.4 Å². The zero-order valence-corrected chi connectivity index (χ0v) is 25.4. The van der Waals surface area contributed by atoms with Gasteiger partial charge in [0.15, 0.2) is 5.78 Å². The highest BCUT2D eigenvalue weighted by molar-refractivity contribution is 5.91. The largest absolute Gasteiger partial charge is 0.456 e. The molecule has 0 aliphatic carbocycles. The van der Waals surface area contributed by atoms with Gasteiger partial charge in [0, 0.05) is 5.92 Å². The van der Waals surface area contributed by atoms with Crippen molar-refractivity contribution in [3.05, 3.63) is 24.3 Å². The number of nitrogens with one attached hydrogen (secondary N) is 1. The molecule has 0 aliphatic heterocycles. The van der Waals surface area contributed by atoms with Gasteiger partial charge < -0.3 is 15.8 Å². The van der Waals surface area contributed by atoms with E-state index in [1.807, 2.05) is 13.8 Å². The van der Waals surface area contributed by atoms with Gasteiger partial charge in [-0.2, -0.15) is 0 Å². The summed E-state index contributed by atoms with van der Waals surface area (Å²) >= 11 is 0. The average Bonchev–Trinajstić information content (AvgIpc) is 2.85. The van der Waals surface area contributed by atoms with Crippen molar-refractivity contribution in [3.8, 4) is 0 Å². The monoisotopic (exact) mass is 534 g/mol. The molecular weight excluding hydrogens is 476 g/mol. The SMILES string of the molecule is CCC=CCC=CCCCCCC(CCCCCCC)C(=O)COC(=O)C(C)(C)NC(=O)[C@@H](N)CC(C)C. The van der Waals surface area contributed by atoms with E-state index < -0.39 is 17.6 Å². The molecule has 0 aromatic carbocycles. The number of hydrogen-bond acceptors (Lipinski definition) is 5. The lowest BCUT2D eigenvalue weighted by Gasteiger charge is -2.26. The third kappa shape index (κ3) is 18.3. The molecule has 0 heterocycles. The molecule has 1 amide bonds. The molecule has 0 aromatic heterocycles. The van der Waals surface area contributed by atoms with Crippen LogP contribution >= 0.6 is 0 Å². The normalized spacial score (nSPS) is 13.8. The summed E-state index contributed by atoms with van der Waals surface area (Å²) in [5.41, 5.74) is 4.70. The fraction of sp³-hybridized carbons (Fsp3) is 0.781. The molecule has 2 atom stereocenters. The van der Waals surface area contributed by atoms with Crippen molar-refractivity contribution in [3.63, 3.8) is 0 Å². The van der Waals surface area contributed by atoms with Gasteiger partial charge in [0.05, 0.1) is 6.04 Å². The predicted octanol–water partition coefficient (Wildman–Crippen LogP) is 7.21. The van der Waals surface area contributed by atoms with Crippen LogP contribution in [0.3, 0.4) is 0 Å². The van der Waals surface area contributed by atoms with E-state index in [0.717, 1.165) is 64.2 Å². The predicted molar refractivity (Wildman–Crippen MR) is 159 cm³/mol. The van der Waals surface area contributed by atoms with E-state index in [1.54, 1.807) is 13.8 Å². The van der Waals surface area contributed by atoms with Gasteiger partial charge in [-0.05, 0) is 64.7 Å². The van der Waals surface area contributed by atoms with Crippen molar-refractivity contribution >= 4 is 17.7 Å². The van der Waals surface area contributed by atoms with Gasteiger partial charge in [-0.3, -0.25) is 9.59 Å². The molecule has 0 fully saturated rings.